The lowest BCUT2D eigenvalue weighted by Gasteiger charge is -2.23. The van der Waals surface area contributed by atoms with E-state index < -0.39 is 6.04 Å². The van der Waals surface area contributed by atoms with Crippen molar-refractivity contribution in [1.82, 2.24) is 10.2 Å². The minimum absolute atomic E-state index is 0.0115. The lowest BCUT2D eigenvalue weighted by Crippen LogP contribution is -2.46. The van der Waals surface area contributed by atoms with E-state index in [4.69, 9.17) is 0 Å². The highest BCUT2D eigenvalue weighted by molar-refractivity contribution is 5.90. The second-order valence-corrected chi connectivity index (χ2v) is 5.06. The molecule has 1 atom stereocenters. The summed E-state index contributed by atoms with van der Waals surface area (Å²) in [6, 6.07) is 9.28. The quantitative estimate of drug-likeness (QED) is 0.849. The molecule has 1 aromatic rings. The molecule has 1 aromatic carbocycles. The molecule has 0 aliphatic carbocycles. The van der Waals surface area contributed by atoms with Gasteiger partial charge in [0.2, 0.25) is 11.8 Å². The minimum atomic E-state index is -0.475. The van der Waals surface area contributed by atoms with Crippen LogP contribution in [0.15, 0.2) is 30.3 Å². The van der Waals surface area contributed by atoms with Gasteiger partial charge in [0.1, 0.15) is 6.04 Å². The van der Waals surface area contributed by atoms with Gasteiger partial charge in [-0.1, -0.05) is 30.3 Å². The third kappa shape index (κ3) is 4.35. The van der Waals surface area contributed by atoms with Crippen LogP contribution in [-0.2, 0) is 16.0 Å². The lowest BCUT2D eigenvalue weighted by molar-refractivity contribution is -0.133. The summed E-state index contributed by atoms with van der Waals surface area (Å²) >= 11 is 0. The van der Waals surface area contributed by atoms with Gasteiger partial charge in [0.15, 0.2) is 0 Å². The van der Waals surface area contributed by atoms with Crippen molar-refractivity contribution in [2.45, 2.75) is 32.2 Å². The topological polar surface area (TPSA) is 49.4 Å². The van der Waals surface area contributed by atoms with E-state index in [0.29, 0.717) is 32.4 Å². The summed E-state index contributed by atoms with van der Waals surface area (Å²) in [5.74, 6) is 5.72. The number of amides is 2. The van der Waals surface area contributed by atoms with Gasteiger partial charge < -0.3 is 10.2 Å². The van der Waals surface area contributed by atoms with E-state index in [-0.39, 0.29) is 11.8 Å². The third-order valence-corrected chi connectivity index (χ3v) is 3.52. The zero-order valence-electron chi connectivity index (χ0n) is 12.3. The normalized spacial score (nSPS) is 18.5. The van der Waals surface area contributed by atoms with Crippen molar-refractivity contribution in [3.8, 4) is 11.8 Å². The molecule has 0 saturated carbocycles. The van der Waals surface area contributed by atoms with Crippen LogP contribution < -0.4 is 5.32 Å². The predicted octanol–water partition coefficient (Wildman–Crippen LogP) is 1.36. The Hall–Kier alpha value is -2.28. The third-order valence-electron chi connectivity index (χ3n) is 3.52. The molecular formula is C17H20N2O2. The van der Waals surface area contributed by atoms with Crippen molar-refractivity contribution in [2.24, 2.45) is 0 Å². The summed E-state index contributed by atoms with van der Waals surface area (Å²) in [5.41, 5.74) is 1.05. The van der Waals surface area contributed by atoms with Crippen LogP contribution in [0.2, 0.25) is 0 Å². The molecule has 4 heteroatoms. The van der Waals surface area contributed by atoms with E-state index in [1.807, 2.05) is 30.3 Å². The summed E-state index contributed by atoms with van der Waals surface area (Å²) in [5, 5.41) is 2.83. The van der Waals surface area contributed by atoms with Crippen molar-refractivity contribution >= 4 is 11.8 Å². The molecule has 1 fully saturated rings. The van der Waals surface area contributed by atoms with Gasteiger partial charge in [-0.3, -0.25) is 9.59 Å². The van der Waals surface area contributed by atoms with Crippen molar-refractivity contribution in [3.05, 3.63) is 35.9 Å². The van der Waals surface area contributed by atoms with E-state index in [1.54, 1.807) is 11.8 Å². The Morgan fingerprint density at radius 2 is 2.05 bits per heavy atom. The molecular weight excluding hydrogens is 264 g/mol. The standard InChI is InChI=1S/C17H20N2O2/c1-2-3-7-11-19-12-10-16(20)18-15(17(19)21)13-14-8-5-4-6-9-14/h4-6,8-9,15H,7,10-13H2,1H3,(H,18,20). The second-order valence-electron chi connectivity index (χ2n) is 5.06. The average molecular weight is 284 g/mol. The van der Waals surface area contributed by atoms with Crippen LogP contribution in [0.1, 0.15) is 25.3 Å². The molecule has 0 aromatic heterocycles. The van der Waals surface area contributed by atoms with E-state index in [1.165, 1.54) is 0 Å². The molecule has 0 bridgehead atoms. The Morgan fingerprint density at radius 1 is 1.29 bits per heavy atom. The molecule has 110 valence electrons. The maximum absolute atomic E-state index is 12.6. The maximum atomic E-state index is 12.6. The van der Waals surface area contributed by atoms with Crippen molar-refractivity contribution in [2.75, 3.05) is 13.1 Å². The number of nitrogens with one attached hydrogen (secondary N) is 1. The highest BCUT2D eigenvalue weighted by Crippen LogP contribution is 2.10. The Kier molecular flexibility index (Phi) is 5.39. The number of hydrogen-bond acceptors (Lipinski definition) is 2. The number of rotatable bonds is 4. The molecule has 1 saturated heterocycles. The Morgan fingerprint density at radius 3 is 2.76 bits per heavy atom. The zero-order valence-corrected chi connectivity index (χ0v) is 12.3. The van der Waals surface area contributed by atoms with Crippen LogP contribution in [0.5, 0.6) is 0 Å². The summed E-state index contributed by atoms with van der Waals surface area (Å²) in [6.45, 7) is 2.84. The average Bonchev–Trinajstić information content (AvgIpc) is 2.62. The second kappa shape index (κ2) is 7.49. The summed E-state index contributed by atoms with van der Waals surface area (Å²) in [7, 11) is 0. The van der Waals surface area contributed by atoms with Crippen molar-refractivity contribution in [1.29, 1.82) is 0 Å². The van der Waals surface area contributed by atoms with Gasteiger partial charge in [-0.05, 0) is 12.5 Å². The molecule has 1 N–H and O–H groups in total. The molecule has 1 aliphatic rings. The van der Waals surface area contributed by atoms with E-state index >= 15 is 0 Å². The highest BCUT2D eigenvalue weighted by Gasteiger charge is 2.29. The molecule has 0 radical (unpaired) electrons. The van der Waals surface area contributed by atoms with E-state index in [0.717, 1.165) is 5.56 Å². The van der Waals surface area contributed by atoms with Gasteiger partial charge in [-0.25, -0.2) is 0 Å². The van der Waals surface area contributed by atoms with Crippen molar-refractivity contribution in [3.63, 3.8) is 0 Å². The van der Waals surface area contributed by atoms with Crippen LogP contribution in [-0.4, -0.2) is 35.8 Å². The fraction of sp³-hybridized carbons (Fsp3) is 0.412. The van der Waals surface area contributed by atoms with Gasteiger partial charge >= 0.3 is 0 Å². The minimum Gasteiger partial charge on any atom is -0.344 e. The van der Waals surface area contributed by atoms with Gasteiger partial charge in [-0.2, -0.15) is 0 Å². The number of carbonyl (C=O) groups excluding carboxylic acids is 2. The van der Waals surface area contributed by atoms with Gasteiger partial charge in [0.25, 0.3) is 0 Å². The number of hydrogen-bond donors (Lipinski definition) is 1. The first-order valence-electron chi connectivity index (χ1n) is 7.22. The van der Waals surface area contributed by atoms with E-state index in [2.05, 4.69) is 17.2 Å². The molecule has 1 aliphatic heterocycles. The predicted molar refractivity (Wildman–Crippen MR) is 81.3 cm³/mol. The molecule has 0 spiro atoms. The first-order valence-corrected chi connectivity index (χ1v) is 7.22. The largest absolute Gasteiger partial charge is 0.344 e. The maximum Gasteiger partial charge on any atom is 0.245 e. The summed E-state index contributed by atoms with van der Waals surface area (Å²) < 4.78 is 0. The molecule has 2 rings (SSSR count). The summed E-state index contributed by atoms with van der Waals surface area (Å²) in [6.07, 6.45) is 1.53. The zero-order chi connectivity index (χ0) is 15.1. The molecule has 1 unspecified atom stereocenters. The van der Waals surface area contributed by atoms with Crippen LogP contribution in [0.4, 0.5) is 0 Å². The molecule has 4 nitrogen and oxygen atoms in total. The number of benzene rings is 1. The van der Waals surface area contributed by atoms with E-state index in [9.17, 15) is 9.59 Å². The highest BCUT2D eigenvalue weighted by atomic mass is 16.2. The van der Waals surface area contributed by atoms with Crippen LogP contribution >= 0.6 is 0 Å². The first-order chi connectivity index (χ1) is 10.2. The van der Waals surface area contributed by atoms with Gasteiger partial charge in [0.05, 0.1) is 0 Å². The summed E-state index contributed by atoms with van der Waals surface area (Å²) in [4.78, 5) is 26.1. The molecule has 1 heterocycles. The van der Waals surface area contributed by atoms with Crippen LogP contribution in [0, 0.1) is 11.8 Å². The fourth-order valence-corrected chi connectivity index (χ4v) is 2.42. The lowest BCUT2D eigenvalue weighted by atomic mass is 10.1. The van der Waals surface area contributed by atoms with Crippen LogP contribution in [0.25, 0.3) is 0 Å². The molecule has 2 amide bonds. The van der Waals surface area contributed by atoms with Crippen LogP contribution in [0.3, 0.4) is 0 Å². The number of nitrogens with zero attached hydrogens (tertiary/aromatic N) is 1. The monoisotopic (exact) mass is 284 g/mol. The fourth-order valence-electron chi connectivity index (χ4n) is 2.42. The Bertz CT molecular complexity index is 557. The van der Waals surface area contributed by atoms with Crippen molar-refractivity contribution < 1.29 is 9.59 Å². The molecule has 21 heavy (non-hydrogen) atoms. The Labute approximate surface area is 125 Å². The smallest absolute Gasteiger partial charge is 0.245 e. The SMILES string of the molecule is CC#CCCN1CCC(=O)NC(Cc2ccccc2)C1=O. The Balaban J connectivity index is 2.07. The van der Waals surface area contributed by atoms with Gasteiger partial charge in [0, 0.05) is 32.4 Å². The van der Waals surface area contributed by atoms with Gasteiger partial charge in [-0.15, -0.1) is 11.8 Å². The number of carbonyl (C=O) groups is 2. The first kappa shape index (κ1) is 15.1.